The maximum Gasteiger partial charge on any atom is 0.326 e. The summed E-state index contributed by atoms with van der Waals surface area (Å²) in [5, 5.41) is 11.4. The number of carboxylic acid groups (broad SMARTS) is 1. The van der Waals surface area contributed by atoms with Crippen molar-refractivity contribution < 1.29 is 14.7 Å². The second-order valence-electron chi connectivity index (χ2n) is 3.52. The van der Waals surface area contributed by atoms with Gasteiger partial charge in [-0.05, 0) is 12.3 Å². The van der Waals surface area contributed by atoms with Gasteiger partial charge in [0.15, 0.2) is 0 Å². The Balaban J connectivity index is 4.23. The molecule has 0 radical (unpaired) electrons. The monoisotopic (exact) mass is 201 g/mol. The molecule has 0 heterocycles. The third-order valence-corrected chi connectivity index (χ3v) is 2.27. The molecule has 4 heteroatoms. The molecule has 0 aliphatic rings. The summed E-state index contributed by atoms with van der Waals surface area (Å²) in [5.41, 5.74) is 0. The molecule has 0 saturated heterocycles. The van der Waals surface area contributed by atoms with Gasteiger partial charge in [0, 0.05) is 6.42 Å². The van der Waals surface area contributed by atoms with Gasteiger partial charge in [-0.25, -0.2) is 4.79 Å². The number of rotatable bonds is 6. The van der Waals surface area contributed by atoms with Crippen molar-refractivity contribution in [3.05, 3.63) is 0 Å². The lowest BCUT2D eigenvalue weighted by atomic mass is 9.99. The van der Waals surface area contributed by atoms with Crippen LogP contribution in [0.15, 0.2) is 0 Å². The summed E-state index contributed by atoms with van der Waals surface area (Å²) in [4.78, 5) is 22.0. The molecule has 0 aromatic heterocycles. The normalized spacial score (nSPS) is 14.5. The van der Waals surface area contributed by atoms with Gasteiger partial charge < -0.3 is 10.4 Å². The highest BCUT2D eigenvalue weighted by atomic mass is 16.4. The van der Waals surface area contributed by atoms with Gasteiger partial charge in [0.25, 0.3) is 0 Å². The molecule has 0 rings (SSSR count). The Morgan fingerprint density at radius 2 is 1.93 bits per heavy atom. The Morgan fingerprint density at radius 1 is 1.36 bits per heavy atom. The third-order valence-electron chi connectivity index (χ3n) is 2.27. The zero-order valence-corrected chi connectivity index (χ0v) is 9.04. The van der Waals surface area contributed by atoms with Gasteiger partial charge in [0.05, 0.1) is 0 Å². The molecular weight excluding hydrogens is 182 g/mol. The van der Waals surface area contributed by atoms with Crippen molar-refractivity contribution in [3.8, 4) is 0 Å². The molecule has 0 aliphatic heterocycles. The minimum Gasteiger partial charge on any atom is -0.480 e. The molecule has 2 atom stereocenters. The molecule has 0 aliphatic carbocycles. The Bertz CT molecular complexity index is 204. The standard InChI is InChI=1S/C10H19NO3/c1-4-6-8(12)11-9(10(13)14)7(3)5-2/h7,9H,4-6H2,1-3H3,(H,11,12)(H,13,14)/t7-,9-/m0/s1. The van der Waals surface area contributed by atoms with Crippen LogP contribution in [0.3, 0.4) is 0 Å². The van der Waals surface area contributed by atoms with Crippen molar-refractivity contribution in [1.29, 1.82) is 0 Å². The summed E-state index contributed by atoms with van der Waals surface area (Å²) in [6.45, 7) is 5.62. The summed E-state index contributed by atoms with van der Waals surface area (Å²) >= 11 is 0. The lowest BCUT2D eigenvalue weighted by Gasteiger charge is -2.19. The fourth-order valence-corrected chi connectivity index (χ4v) is 1.16. The molecule has 2 N–H and O–H groups in total. The zero-order valence-electron chi connectivity index (χ0n) is 9.04. The summed E-state index contributed by atoms with van der Waals surface area (Å²) < 4.78 is 0. The zero-order chi connectivity index (χ0) is 11.1. The van der Waals surface area contributed by atoms with Crippen LogP contribution in [0.4, 0.5) is 0 Å². The van der Waals surface area contributed by atoms with E-state index in [4.69, 9.17) is 5.11 Å². The van der Waals surface area contributed by atoms with Gasteiger partial charge in [0.1, 0.15) is 6.04 Å². The molecule has 0 saturated carbocycles. The van der Waals surface area contributed by atoms with Gasteiger partial charge in [0.2, 0.25) is 5.91 Å². The van der Waals surface area contributed by atoms with Crippen LogP contribution in [0, 0.1) is 5.92 Å². The van der Waals surface area contributed by atoms with Gasteiger partial charge >= 0.3 is 5.97 Å². The molecule has 0 aromatic rings. The maximum atomic E-state index is 11.2. The third kappa shape index (κ3) is 4.25. The quantitative estimate of drug-likeness (QED) is 0.682. The molecule has 1 amide bonds. The molecular formula is C10H19NO3. The van der Waals surface area contributed by atoms with Crippen LogP contribution in [-0.4, -0.2) is 23.0 Å². The second-order valence-corrected chi connectivity index (χ2v) is 3.52. The Morgan fingerprint density at radius 3 is 2.29 bits per heavy atom. The highest BCUT2D eigenvalue weighted by Gasteiger charge is 2.24. The average molecular weight is 201 g/mol. The highest BCUT2D eigenvalue weighted by molar-refractivity contribution is 5.83. The van der Waals surface area contributed by atoms with Gasteiger partial charge in [-0.1, -0.05) is 27.2 Å². The maximum absolute atomic E-state index is 11.2. The van der Waals surface area contributed by atoms with E-state index in [1.807, 2.05) is 20.8 Å². The van der Waals surface area contributed by atoms with Crippen LogP contribution >= 0.6 is 0 Å². The van der Waals surface area contributed by atoms with Crippen LogP contribution in [0.1, 0.15) is 40.0 Å². The van der Waals surface area contributed by atoms with Crippen LogP contribution in [-0.2, 0) is 9.59 Å². The second kappa shape index (κ2) is 6.40. The summed E-state index contributed by atoms with van der Waals surface area (Å²) in [5.74, 6) is -1.17. The predicted molar refractivity (Wildman–Crippen MR) is 53.9 cm³/mol. The minimum atomic E-state index is -0.955. The molecule has 0 bridgehead atoms. The smallest absolute Gasteiger partial charge is 0.326 e. The number of carboxylic acids is 1. The molecule has 4 nitrogen and oxygen atoms in total. The first-order chi connectivity index (χ1) is 6.52. The molecule has 0 fully saturated rings. The Hall–Kier alpha value is -1.06. The molecule has 0 aromatic carbocycles. The number of amides is 1. The Labute approximate surface area is 84.7 Å². The van der Waals surface area contributed by atoms with E-state index in [0.717, 1.165) is 12.8 Å². The molecule has 82 valence electrons. The van der Waals surface area contributed by atoms with Crippen molar-refractivity contribution in [2.75, 3.05) is 0 Å². The van der Waals surface area contributed by atoms with E-state index >= 15 is 0 Å². The van der Waals surface area contributed by atoms with E-state index in [-0.39, 0.29) is 11.8 Å². The van der Waals surface area contributed by atoms with Gasteiger partial charge in [-0.3, -0.25) is 4.79 Å². The first-order valence-electron chi connectivity index (χ1n) is 5.05. The van der Waals surface area contributed by atoms with Crippen molar-refractivity contribution >= 4 is 11.9 Å². The van der Waals surface area contributed by atoms with Crippen molar-refractivity contribution in [2.45, 2.75) is 46.1 Å². The van der Waals surface area contributed by atoms with Gasteiger partial charge in [-0.15, -0.1) is 0 Å². The first-order valence-corrected chi connectivity index (χ1v) is 5.05. The van der Waals surface area contributed by atoms with Crippen LogP contribution in [0.5, 0.6) is 0 Å². The van der Waals surface area contributed by atoms with Crippen molar-refractivity contribution in [3.63, 3.8) is 0 Å². The topological polar surface area (TPSA) is 66.4 Å². The van der Waals surface area contributed by atoms with Crippen LogP contribution in [0.2, 0.25) is 0 Å². The van der Waals surface area contributed by atoms with E-state index < -0.39 is 12.0 Å². The highest BCUT2D eigenvalue weighted by Crippen LogP contribution is 2.08. The lowest BCUT2D eigenvalue weighted by Crippen LogP contribution is -2.44. The summed E-state index contributed by atoms with van der Waals surface area (Å²) in [6, 6.07) is -0.751. The van der Waals surface area contributed by atoms with Crippen molar-refractivity contribution in [2.24, 2.45) is 5.92 Å². The Kier molecular flexibility index (Phi) is 5.92. The van der Waals surface area contributed by atoms with Crippen LogP contribution < -0.4 is 5.32 Å². The molecule has 14 heavy (non-hydrogen) atoms. The van der Waals surface area contributed by atoms with Crippen LogP contribution in [0.25, 0.3) is 0 Å². The number of hydrogen-bond acceptors (Lipinski definition) is 2. The van der Waals surface area contributed by atoms with E-state index in [1.165, 1.54) is 0 Å². The van der Waals surface area contributed by atoms with E-state index in [2.05, 4.69) is 5.32 Å². The lowest BCUT2D eigenvalue weighted by molar-refractivity contribution is -0.143. The molecule has 0 spiro atoms. The number of hydrogen-bond donors (Lipinski definition) is 2. The number of nitrogens with one attached hydrogen (secondary N) is 1. The van der Waals surface area contributed by atoms with Gasteiger partial charge in [-0.2, -0.15) is 0 Å². The fraction of sp³-hybridized carbons (Fsp3) is 0.800. The summed E-state index contributed by atoms with van der Waals surface area (Å²) in [6.07, 6.45) is 1.86. The van der Waals surface area contributed by atoms with E-state index in [0.29, 0.717) is 6.42 Å². The van der Waals surface area contributed by atoms with E-state index in [1.54, 1.807) is 0 Å². The number of carbonyl (C=O) groups is 2. The molecule has 0 unspecified atom stereocenters. The summed E-state index contributed by atoms with van der Waals surface area (Å²) in [7, 11) is 0. The first kappa shape index (κ1) is 12.9. The largest absolute Gasteiger partial charge is 0.480 e. The SMILES string of the molecule is CCCC(=O)N[C@H](C(=O)O)[C@@H](C)CC. The minimum absolute atomic E-state index is 0.0340. The number of carbonyl (C=O) groups excluding carboxylic acids is 1. The predicted octanol–water partition coefficient (Wildman–Crippen LogP) is 1.40. The number of aliphatic carboxylic acids is 1. The average Bonchev–Trinajstić information content (AvgIpc) is 2.13. The van der Waals surface area contributed by atoms with Crippen molar-refractivity contribution in [1.82, 2.24) is 5.32 Å². The van der Waals surface area contributed by atoms with E-state index in [9.17, 15) is 9.59 Å². The fourth-order valence-electron chi connectivity index (χ4n) is 1.16.